The molecule has 94 valence electrons. The molecular formula is C7H13Cl3N4O2. The minimum Gasteiger partial charge on any atom is -0.369 e. The van der Waals surface area contributed by atoms with E-state index in [0.717, 1.165) is 0 Å². The van der Waals surface area contributed by atoms with Gasteiger partial charge in [-0.3, -0.25) is 10.1 Å². The van der Waals surface area contributed by atoms with Crippen LogP contribution in [0, 0.1) is 10.1 Å². The summed E-state index contributed by atoms with van der Waals surface area (Å²) in [6.07, 6.45) is 1.21. The van der Waals surface area contributed by atoms with Gasteiger partial charge in [0.1, 0.15) is 12.0 Å². The Labute approximate surface area is 111 Å². The van der Waals surface area contributed by atoms with Crippen LogP contribution in [0.2, 0.25) is 0 Å². The summed E-state index contributed by atoms with van der Waals surface area (Å²) in [7, 11) is 0. The highest BCUT2D eigenvalue weighted by molar-refractivity contribution is 5.86. The van der Waals surface area contributed by atoms with E-state index in [2.05, 4.69) is 10.3 Å². The van der Waals surface area contributed by atoms with Crippen LogP contribution in [0.5, 0.6) is 0 Å². The van der Waals surface area contributed by atoms with E-state index in [1.54, 1.807) is 6.07 Å². The van der Waals surface area contributed by atoms with Crippen molar-refractivity contribution >= 4 is 48.7 Å². The topological polar surface area (TPSA) is 94.1 Å². The number of anilines is 1. The zero-order chi connectivity index (χ0) is 9.68. The number of hydrogen-bond acceptors (Lipinski definition) is 5. The summed E-state index contributed by atoms with van der Waals surface area (Å²) in [5, 5.41) is 13.2. The van der Waals surface area contributed by atoms with E-state index in [-0.39, 0.29) is 42.9 Å². The molecule has 0 aromatic carbocycles. The predicted molar refractivity (Wildman–Crippen MR) is 70.2 cm³/mol. The van der Waals surface area contributed by atoms with Crippen molar-refractivity contribution in [3.63, 3.8) is 0 Å². The highest BCUT2D eigenvalue weighted by Crippen LogP contribution is 2.10. The maximum Gasteiger partial charge on any atom is 0.287 e. The van der Waals surface area contributed by atoms with E-state index in [9.17, 15) is 10.1 Å². The molecule has 1 rings (SSSR count). The molecule has 0 saturated heterocycles. The zero-order valence-electron chi connectivity index (χ0n) is 8.16. The van der Waals surface area contributed by atoms with E-state index >= 15 is 0 Å². The zero-order valence-corrected chi connectivity index (χ0v) is 10.6. The first-order chi connectivity index (χ1) is 6.24. The minimum absolute atomic E-state index is 0. The molecule has 0 unspecified atom stereocenters. The van der Waals surface area contributed by atoms with E-state index in [1.165, 1.54) is 12.3 Å². The van der Waals surface area contributed by atoms with Crippen molar-refractivity contribution in [1.29, 1.82) is 0 Å². The lowest BCUT2D eigenvalue weighted by Crippen LogP contribution is -2.13. The van der Waals surface area contributed by atoms with Crippen LogP contribution >= 0.6 is 37.2 Å². The maximum absolute atomic E-state index is 10.3. The Morgan fingerprint density at radius 3 is 2.38 bits per heavy atom. The second kappa shape index (κ2) is 10.7. The molecule has 0 spiro atoms. The Morgan fingerprint density at radius 1 is 1.38 bits per heavy atom. The van der Waals surface area contributed by atoms with Crippen molar-refractivity contribution in [1.82, 2.24) is 4.98 Å². The van der Waals surface area contributed by atoms with Crippen LogP contribution in [-0.2, 0) is 0 Å². The monoisotopic (exact) mass is 290 g/mol. The Morgan fingerprint density at radius 2 is 2.00 bits per heavy atom. The molecule has 1 aromatic rings. The van der Waals surface area contributed by atoms with Gasteiger partial charge >= 0.3 is 0 Å². The van der Waals surface area contributed by atoms with Crippen LogP contribution in [0.4, 0.5) is 11.5 Å². The van der Waals surface area contributed by atoms with Crippen molar-refractivity contribution in [2.75, 3.05) is 18.4 Å². The number of nitrogens with one attached hydrogen (secondary N) is 1. The summed E-state index contributed by atoms with van der Waals surface area (Å²) in [6.45, 7) is 1.10. The molecule has 0 saturated carbocycles. The van der Waals surface area contributed by atoms with Crippen LogP contribution in [-0.4, -0.2) is 23.0 Å². The largest absolute Gasteiger partial charge is 0.369 e. The summed E-state index contributed by atoms with van der Waals surface area (Å²) in [5.41, 5.74) is 5.24. The highest BCUT2D eigenvalue weighted by Gasteiger charge is 2.03. The maximum atomic E-state index is 10.3. The molecular weight excluding hydrogens is 278 g/mol. The van der Waals surface area contributed by atoms with Crippen LogP contribution in [0.15, 0.2) is 18.3 Å². The van der Waals surface area contributed by atoms with Crippen LogP contribution in [0.25, 0.3) is 0 Å². The standard InChI is InChI=1S/C7H10N4O2.3ClH/c8-3-4-9-7-2-1-6(5-10-7)11(12)13;;;/h1-2,5H,3-4,8H2,(H,9,10);3*1H. The van der Waals surface area contributed by atoms with Gasteiger partial charge in [0.25, 0.3) is 5.69 Å². The van der Waals surface area contributed by atoms with Crippen molar-refractivity contribution in [3.8, 4) is 0 Å². The van der Waals surface area contributed by atoms with Gasteiger partial charge in [-0.2, -0.15) is 0 Å². The lowest BCUT2D eigenvalue weighted by molar-refractivity contribution is -0.385. The molecule has 0 aliphatic carbocycles. The smallest absolute Gasteiger partial charge is 0.287 e. The molecule has 9 heteroatoms. The van der Waals surface area contributed by atoms with E-state index in [1.807, 2.05) is 0 Å². The average molecular weight is 292 g/mol. The van der Waals surface area contributed by atoms with E-state index in [0.29, 0.717) is 18.9 Å². The third-order valence-electron chi connectivity index (χ3n) is 1.41. The lowest BCUT2D eigenvalue weighted by Gasteiger charge is -2.01. The van der Waals surface area contributed by atoms with Gasteiger partial charge in [0.2, 0.25) is 0 Å². The third-order valence-corrected chi connectivity index (χ3v) is 1.41. The van der Waals surface area contributed by atoms with Crippen molar-refractivity contribution in [3.05, 3.63) is 28.4 Å². The molecule has 0 fully saturated rings. The molecule has 3 N–H and O–H groups in total. The molecule has 1 heterocycles. The van der Waals surface area contributed by atoms with Gasteiger partial charge in [0, 0.05) is 19.2 Å². The summed E-state index contributed by atoms with van der Waals surface area (Å²) in [5.74, 6) is 0.594. The Balaban J connectivity index is -0.000000563. The molecule has 0 aliphatic rings. The fourth-order valence-electron chi connectivity index (χ4n) is 0.799. The van der Waals surface area contributed by atoms with Gasteiger partial charge < -0.3 is 11.1 Å². The number of nitrogens with two attached hydrogens (primary N) is 1. The molecule has 6 nitrogen and oxygen atoms in total. The van der Waals surface area contributed by atoms with Gasteiger partial charge in [-0.15, -0.1) is 37.2 Å². The highest BCUT2D eigenvalue weighted by atomic mass is 35.5. The summed E-state index contributed by atoms with van der Waals surface area (Å²) in [6, 6.07) is 2.94. The number of aromatic nitrogens is 1. The summed E-state index contributed by atoms with van der Waals surface area (Å²) >= 11 is 0. The predicted octanol–water partition coefficient (Wildman–Crippen LogP) is 1.63. The first kappa shape index (κ1) is 20.6. The SMILES string of the molecule is Cl.Cl.Cl.NCCNc1ccc([N+](=O)[O-])cn1. The number of nitrogens with zero attached hydrogens (tertiary/aromatic N) is 2. The van der Waals surface area contributed by atoms with Gasteiger partial charge in [-0.1, -0.05) is 0 Å². The first-order valence-electron chi connectivity index (χ1n) is 3.78. The van der Waals surface area contributed by atoms with Crippen LogP contribution in [0.3, 0.4) is 0 Å². The van der Waals surface area contributed by atoms with E-state index < -0.39 is 4.92 Å². The van der Waals surface area contributed by atoms with E-state index in [4.69, 9.17) is 5.73 Å². The number of hydrogen-bond donors (Lipinski definition) is 2. The third kappa shape index (κ3) is 6.62. The minimum atomic E-state index is -0.486. The molecule has 1 aromatic heterocycles. The van der Waals surface area contributed by atoms with Gasteiger partial charge in [-0.05, 0) is 6.07 Å². The second-order valence-electron chi connectivity index (χ2n) is 2.37. The van der Waals surface area contributed by atoms with Gasteiger partial charge in [0.05, 0.1) is 4.92 Å². The molecule has 0 aliphatic heterocycles. The lowest BCUT2D eigenvalue weighted by atomic mass is 10.4. The Hall–Kier alpha value is -0.820. The normalized spacial score (nSPS) is 7.81. The number of nitro groups is 1. The van der Waals surface area contributed by atoms with Crippen molar-refractivity contribution < 1.29 is 4.92 Å². The fraction of sp³-hybridized carbons (Fsp3) is 0.286. The second-order valence-corrected chi connectivity index (χ2v) is 2.37. The number of pyridine rings is 1. The molecule has 0 atom stereocenters. The summed E-state index contributed by atoms with van der Waals surface area (Å²) < 4.78 is 0. The molecule has 0 amide bonds. The quantitative estimate of drug-likeness (QED) is 0.649. The van der Waals surface area contributed by atoms with Crippen LogP contribution < -0.4 is 11.1 Å². The van der Waals surface area contributed by atoms with Crippen molar-refractivity contribution in [2.24, 2.45) is 5.73 Å². The van der Waals surface area contributed by atoms with Crippen LogP contribution in [0.1, 0.15) is 0 Å². The Bertz CT molecular complexity index is 296. The number of rotatable bonds is 4. The molecule has 16 heavy (non-hydrogen) atoms. The summed E-state index contributed by atoms with van der Waals surface area (Å²) in [4.78, 5) is 13.6. The van der Waals surface area contributed by atoms with Crippen molar-refractivity contribution in [2.45, 2.75) is 0 Å². The average Bonchev–Trinajstić information content (AvgIpc) is 2.15. The molecule has 0 radical (unpaired) electrons. The van der Waals surface area contributed by atoms with Gasteiger partial charge in [0.15, 0.2) is 0 Å². The van der Waals surface area contributed by atoms with Gasteiger partial charge in [-0.25, -0.2) is 4.98 Å². The first-order valence-corrected chi connectivity index (χ1v) is 3.78. The Kier molecular flexibility index (Phi) is 13.7. The fourth-order valence-corrected chi connectivity index (χ4v) is 0.799. The number of halogens is 3. The molecule has 0 bridgehead atoms.